The van der Waals surface area contributed by atoms with Crippen LogP contribution in [0, 0.1) is 5.92 Å². The number of hydrogen-bond donors (Lipinski definition) is 1. The molecule has 2 atom stereocenters. The van der Waals surface area contributed by atoms with E-state index in [1.54, 1.807) is 0 Å². The van der Waals surface area contributed by atoms with Crippen LogP contribution in [-0.2, 0) is 0 Å². The third kappa shape index (κ3) is 3.30. The molecule has 1 aromatic rings. The van der Waals surface area contributed by atoms with E-state index in [-0.39, 0.29) is 6.04 Å². The van der Waals surface area contributed by atoms with E-state index in [0.717, 1.165) is 18.9 Å². The Hall–Kier alpha value is -0.930. The maximum atomic E-state index is 6.35. The topological polar surface area (TPSA) is 42.1 Å². The molecule has 0 amide bonds. The number of pyridine rings is 1. The lowest BCUT2D eigenvalue weighted by Crippen LogP contribution is -2.41. The maximum absolute atomic E-state index is 6.35. The lowest BCUT2D eigenvalue weighted by Gasteiger charge is -2.34. The zero-order chi connectivity index (χ0) is 13.0. The molecule has 2 unspecified atom stereocenters. The smallest absolute Gasteiger partial charge is 0.0514 e. The third-order valence-electron chi connectivity index (χ3n) is 3.89. The molecule has 1 aromatic heterocycles. The Morgan fingerprint density at radius 1 is 1.44 bits per heavy atom. The van der Waals surface area contributed by atoms with Gasteiger partial charge in [-0.25, -0.2) is 0 Å². The van der Waals surface area contributed by atoms with E-state index >= 15 is 0 Å². The first-order chi connectivity index (χ1) is 8.76. The van der Waals surface area contributed by atoms with Gasteiger partial charge in [-0.2, -0.15) is 0 Å². The Bertz CT molecular complexity index is 348. The summed E-state index contributed by atoms with van der Waals surface area (Å²) in [6.45, 7) is 6.64. The van der Waals surface area contributed by atoms with Crippen molar-refractivity contribution in [1.29, 1.82) is 0 Å². The summed E-state index contributed by atoms with van der Waals surface area (Å²) in [5.41, 5.74) is 7.61. The van der Waals surface area contributed by atoms with Crippen LogP contribution in [-0.4, -0.2) is 29.0 Å². The van der Waals surface area contributed by atoms with Crippen molar-refractivity contribution in [3.8, 4) is 0 Å². The largest absolute Gasteiger partial charge is 0.326 e. The Morgan fingerprint density at radius 3 is 2.72 bits per heavy atom. The highest BCUT2D eigenvalue weighted by molar-refractivity contribution is 5.16. The Morgan fingerprint density at radius 2 is 2.22 bits per heavy atom. The summed E-state index contributed by atoms with van der Waals surface area (Å²) in [4.78, 5) is 6.78. The normalized spacial score (nSPS) is 18.9. The summed E-state index contributed by atoms with van der Waals surface area (Å²) in [5, 5.41) is 0. The predicted octanol–water partition coefficient (Wildman–Crippen LogP) is 2.59. The molecule has 3 heteroatoms. The fraction of sp³-hybridized carbons (Fsp3) is 0.667. The Balaban J connectivity index is 2.17. The lowest BCUT2D eigenvalue weighted by atomic mass is 9.97. The molecule has 0 aliphatic heterocycles. The fourth-order valence-corrected chi connectivity index (χ4v) is 2.57. The zero-order valence-electron chi connectivity index (χ0n) is 11.5. The predicted molar refractivity (Wildman–Crippen MR) is 75.2 cm³/mol. The minimum absolute atomic E-state index is 0.188. The van der Waals surface area contributed by atoms with Gasteiger partial charge in [0.05, 0.1) is 6.04 Å². The molecule has 1 saturated carbocycles. The molecular weight excluding hydrogens is 222 g/mol. The molecule has 0 radical (unpaired) electrons. The first-order valence-electron chi connectivity index (χ1n) is 7.15. The SMILES string of the molecule is CCC(N)C(c1cccnc1)N(CC)CC1CC1. The van der Waals surface area contributed by atoms with Gasteiger partial charge in [0.15, 0.2) is 0 Å². The molecule has 0 bridgehead atoms. The highest BCUT2D eigenvalue weighted by Gasteiger charge is 2.30. The zero-order valence-corrected chi connectivity index (χ0v) is 11.5. The van der Waals surface area contributed by atoms with Crippen molar-refractivity contribution < 1.29 is 0 Å². The minimum Gasteiger partial charge on any atom is -0.326 e. The van der Waals surface area contributed by atoms with E-state index in [2.05, 4.69) is 29.8 Å². The number of nitrogens with two attached hydrogens (primary N) is 1. The van der Waals surface area contributed by atoms with Crippen LogP contribution in [0.25, 0.3) is 0 Å². The van der Waals surface area contributed by atoms with Crippen LogP contribution in [0.4, 0.5) is 0 Å². The fourth-order valence-electron chi connectivity index (χ4n) is 2.57. The van der Waals surface area contributed by atoms with Gasteiger partial charge in [-0.1, -0.05) is 19.9 Å². The molecule has 1 aliphatic carbocycles. The van der Waals surface area contributed by atoms with Gasteiger partial charge >= 0.3 is 0 Å². The second kappa shape index (κ2) is 6.30. The van der Waals surface area contributed by atoms with E-state index in [1.807, 2.05) is 18.5 Å². The molecule has 1 heterocycles. The second-order valence-corrected chi connectivity index (χ2v) is 5.33. The highest BCUT2D eigenvalue weighted by atomic mass is 15.2. The summed E-state index contributed by atoms with van der Waals surface area (Å²) in [5.74, 6) is 0.896. The van der Waals surface area contributed by atoms with Gasteiger partial charge in [-0.05, 0) is 43.4 Å². The Labute approximate surface area is 110 Å². The van der Waals surface area contributed by atoms with Crippen molar-refractivity contribution in [2.45, 2.75) is 45.2 Å². The summed E-state index contributed by atoms with van der Waals surface area (Å²) < 4.78 is 0. The van der Waals surface area contributed by atoms with E-state index in [1.165, 1.54) is 24.9 Å². The molecular formula is C15H25N3. The maximum Gasteiger partial charge on any atom is 0.0514 e. The van der Waals surface area contributed by atoms with E-state index in [9.17, 15) is 0 Å². The van der Waals surface area contributed by atoms with Crippen LogP contribution in [0.3, 0.4) is 0 Å². The molecule has 2 N–H and O–H groups in total. The molecule has 100 valence electrons. The molecule has 1 aliphatic rings. The van der Waals surface area contributed by atoms with Crippen LogP contribution >= 0.6 is 0 Å². The number of rotatable bonds is 7. The standard InChI is InChI=1S/C15H25N3/c1-3-14(16)15(13-6-5-9-17-10-13)18(4-2)11-12-7-8-12/h5-6,9-10,12,14-15H,3-4,7-8,11,16H2,1-2H3. The van der Waals surface area contributed by atoms with Crippen LogP contribution in [0.1, 0.15) is 44.7 Å². The van der Waals surface area contributed by atoms with Crippen LogP contribution in [0.15, 0.2) is 24.5 Å². The quantitative estimate of drug-likeness (QED) is 0.805. The van der Waals surface area contributed by atoms with Gasteiger partial charge in [0.2, 0.25) is 0 Å². The number of likely N-dealkylation sites (N-methyl/N-ethyl adjacent to an activating group) is 1. The molecule has 0 saturated heterocycles. The lowest BCUT2D eigenvalue weighted by molar-refractivity contribution is 0.170. The van der Waals surface area contributed by atoms with Crippen molar-refractivity contribution in [1.82, 2.24) is 9.88 Å². The molecule has 18 heavy (non-hydrogen) atoms. The molecule has 2 rings (SSSR count). The van der Waals surface area contributed by atoms with Crippen molar-refractivity contribution in [3.63, 3.8) is 0 Å². The average Bonchev–Trinajstić information content (AvgIpc) is 3.22. The molecule has 1 fully saturated rings. The van der Waals surface area contributed by atoms with Crippen LogP contribution < -0.4 is 5.73 Å². The van der Waals surface area contributed by atoms with Crippen LogP contribution in [0.5, 0.6) is 0 Å². The number of aromatic nitrogens is 1. The second-order valence-electron chi connectivity index (χ2n) is 5.33. The summed E-state index contributed by atoms with van der Waals surface area (Å²) in [7, 11) is 0. The van der Waals surface area contributed by atoms with Crippen molar-refractivity contribution in [2.75, 3.05) is 13.1 Å². The summed E-state index contributed by atoms with van der Waals surface area (Å²) in [6, 6.07) is 4.67. The van der Waals surface area contributed by atoms with E-state index in [0.29, 0.717) is 6.04 Å². The average molecular weight is 247 g/mol. The van der Waals surface area contributed by atoms with Gasteiger partial charge in [-0.3, -0.25) is 9.88 Å². The van der Waals surface area contributed by atoms with E-state index < -0.39 is 0 Å². The van der Waals surface area contributed by atoms with Crippen LogP contribution in [0.2, 0.25) is 0 Å². The molecule has 0 aromatic carbocycles. The summed E-state index contributed by atoms with van der Waals surface area (Å²) in [6.07, 6.45) is 7.57. The monoisotopic (exact) mass is 247 g/mol. The van der Waals surface area contributed by atoms with Gasteiger partial charge in [0.25, 0.3) is 0 Å². The van der Waals surface area contributed by atoms with E-state index in [4.69, 9.17) is 5.73 Å². The van der Waals surface area contributed by atoms with Gasteiger partial charge in [0.1, 0.15) is 0 Å². The number of nitrogens with zero attached hydrogens (tertiary/aromatic N) is 2. The molecule has 0 spiro atoms. The van der Waals surface area contributed by atoms with Crippen molar-refractivity contribution in [3.05, 3.63) is 30.1 Å². The third-order valence-corrected chi connectivity index (χ3v) is 3.89. The van der Waals surface area contributed by atoms with Crippen molar-refractivity contribution in [2.24, 2.45) is 11.7 Å². The minimum atomic E-state index is 0.188. The highest BCUT2D eigenvalue weighted by Crippen LogP contribution is 2.33. The molecule has 3 nitrogen and oxygen atoms in total. The Kier molecular flexibility index (Phi) is 4.72. The van der Waals surface area contributed by atoms with Crippen molar-refractivity contribution >= 4 is 0 Å². The summed E-state index contributed by atoms with van der Waals surface area (Å²) >= 11 is 0. The first kappa shape index (κ1) is 13.5. The van der Waals surface area contributed by atoms with Gasteiger partial charge in [-0.15, -0.1) is 0 Å². The first-order valence-corrected chi connectivity index (χ1v) is 7.15. The van der Waals surface area contributed by atoms with Gasteiger partial charge < -0.3 is 5.73 Å². The van der Waals surface area contributed by atoms with Gasteiger partial charge in [0, 0.05) is 25.0 Å². The number of hydrogen-bond acceptors (Lipinski definition) is 3.